The summed E-state index contributed by atoms with van der Waals surface area (Å²) < 4.78 is 47.0. The fourth-order valence-electron chi connectivity index (χ4n) is 4.23. The summed E-state index contributed by atoms with van der Waals surface area (Å²) in [6.45, 7) is 10.4. The third kappa shape index (κ3) is 5.90. The van der Waals surface area contributed by atoms with Gasteiger partial charge in [0, 0.05) is 56.7 Å². The highest BCUT2D eigenvalue weighted by Crippen LogP contribution is 2.34. The van der Waals surface area contributed by atoms with Crippen LogP contribution in [0.1, 0.15) is 12.5 Å². The van der Waals surface area contributed by atoms with Crippen molar-refractivity contribution >= 4 is 17.6 Å². The number of halogens is 3. The van der Waals surface area contributed by atoms with Crippen molar-refractivity contribution in [2.24, 2.45) is 0 Å². The number of morpholine rings is 1. The van der Waals surface area contributed by atoms with Gasteiger partial charge >= 0.3 is 6.18 Å². The number of nitrogens with zero attached hydrogens (tertiary/aromatic N) is 7. The van der Waals surface area contributed by atoms with E-state index in [1.165, 1.54) is 12.4 Å². The summed E-state index contributed by atoms with van der Waals surface area (Å²) in [7, 11) is 0. The zero-order valence-corrected chi connectivity index (χ0v) is 19.8. The van der Waals surface area contributed by atoms with Gasteiger partial charge in [0.2, 0.25) is 5.95 Å². The van der Waals surface area contributed by atoms with Gasteiger partial charge in [-0.25, -0.2) is 19.9 Å². The first-order valence-corrected chi connectivity index (χ1v) is 11.4. The Balaban J connectivity index is 1.83. The van der Waals surface area contributed by atoms with E-state index in [4.69, 9.17) is 15.5 Å². The predicted octanol–water partition coefficient (Wildman–Crippen LogP) is 1.79. The first-order valence-electron chi connectivity index (χ1n) is 11.4. The van der Waals surface area contributed by atoms with E-state index in [2.05, 4.69) is 26.8 Å². The number of rotatable bonds is 6. The first kappa shape index (κ1) is 24.9. The molecular weight excluding hydrogens is 463 g/mol. The molecule has 4 rings (SSSR count). The fraction of sp³-hybridized carbons (Fsp3) is 0.545. The minimum atomic E-state index is -4.48. The van der Waals surface area contributed by atoms with Crippen LogP contribution in [0.4, 0.5) is 30.8 Å². The van der Waals surface area contributed by atoms with Gasteiger partial charge in [-0.1, -0.05) is 6.58 Å². The highest BCUT2D eigenvalue weighted by molar-refractivity contribution is 5.68. The van der Waals surface area contributed by atoms with Gasteiger partial charge in [0.25, 0.3) is 0 Å². The number of piperazine rings is 1. The van der Waals surface area contributed by atoms with Crippen molar-refractivity contribution in [3.8, 4) is 11.4 Å². The van der Waals surface area contributed by atoms with Crippen LogP contribution in [0.25, 0.3) is 11.4 Å². The summed E-state index contributed by atoms with van der Waals surface area (Å²) in [5, 5.41) is 3.30. The van der Waals surface area contributed by atoms with E-state index < -0.39 is 12.7 Å². The average Bonchev–Trinajstić information content (AvgIpc) is 2.83. The van der Waals surface area contributed by atoms with E-state index in [9.17, 15) is 13.2 Å². The molecule has 2 saturated heterocycles. The van der Waals surface area contributed by atoms with Crippen LogP contribution in [0.15, 0.2) is 24.8 Å². The van der Waals surface area contributed by atoms with Crippen molar-refractivity contribution in [1.82, 2.24) is 30.2 Å². The summed E-state index contributed by atoms with van der Waals surface area (Å²) in [5.41, 5.74) is 6.59. The number of nitrogen functional groups attached to an aromatic ring is 1. The lowest BCUT2D eigenvalue weighted by Gasteiger charge is -2.40. The molecule has 0 amide bonds. The minimum Gasteiger partial charge on any atom is -0.378 e. The van der Waals surface area contributed by atoms with Gasteiger partial charge < -0.3 is 30.5 Å². The Labute approximate surface area is 202 Å². The van der Waals surface area contributed by atoms with E-state index >= 15 is 0 Å². The Kier molecular flexibility index (Phi) is 7.26. The topological polar surface area (TPSA) is 109 Å². The van der Waals surface area contributed by atoms with Gasteiger partial charge in [-0.2, -0.15) is 13.2 Å². The molecule has 190 valence electrons. The minimum absolute atomic E-state index is 0.0781. The maximum absolute atomic E-state index is 13.8. The number of anilines is 3. The lowest BCUT2D eigenvalue weighted by atomic mass is 10.2. The highest BCUT2D eigenvalue weighted by Gasteiger charge is 2.36. The van der Waals surface area contributed by atoms with E-state index in [1.807, 2.05) is 16.7 Å². The molecule has 2 fully saturated rings. The lowest BCUT2D eigenvalue weighted by molar-refractivity contribution is -0.119. The van der Waals surface area contributed by atoms with Crippen LogP contribution in [-0.4, -0.2) is 89.5 Å². The van der Waals surface area contributed by atoms with Crippen molar-refractivity contribution in [3.63, 3.8) is 0 Å². The maximum Gasteiger partial charge on any atom is 0.406 e. The molecule has 2 aliphatic heterocycles. The Morgan fingerprint density at radius 3 is 2.54 bits per heavy atom. The molecular formula is C22H30F3N9O. The van der Waals surface area contributed by atoms with E-state index in [1.54, 1.807) is 6.92 Å². The molecule has 1 unspecified atom stereocenters. The van der Waals surface area contributed by atoms with Crippen LogP contribution in [-0.2, 0) is 4.74 Å². The molecule has 0 aliphatic carbocycles. The van der Waals surface area contributed by atoms with Crippen LogP contribution in [0.5, 0.6) is 0 Å². The zero-order chi connectivity index (χ0) is 25.2. The molecule has 13 heteroatoms. The van der Waals surface area contributed by atoms with Gasteiger partial charge in [-0.15, -0.1) is 0 Å². The summed E-state index contributed by atoms with van der Waals surface area (Å²) in [5.74, 6) is 1.21. The third-order valence-electron chi connectivity index (χ3n) is 5.97. The maximum atomic E-state index is 13.8. The number of ether oxygens (including phenoxy) is 1. The summed E-state index contributed by atoms with van der Waals surface area (Å²) >= 11 is 0. The largest absolute Gasteiger partial charge is 0.406 e. The molecule has 2 aromatic heterocycles. The van der Waals surface area contributed by atoms with Crippen LogP contribution in [0.2, 0.25) is 0 Å². The van der Waals surface area contributed by atoms with Crippen LogP contribution < -0.4 is 20.9 Å². The molecule has 35 heavy (non-hydrogen) atoms. The van der Waals surface area contributed by atoms with Crippen LogP contribution >= 0.6 is 0 Å². The van der Waals surface area contributed by atoms with Gasteiger partial charge in [0.05, 0.1) is 18.8 Å². The van der Waals surface area contributed by atoms with E-state index in [0.717, 1.165) is 4.90 Å². The highest BCUT2D eigenvalue weighted by atomic mass is 19.4. The number of hydrogen-bond acceptors (Lipinski definition) is 10. The van der Waals surface area contributed by atoms with Crippen molar-refractivity contribution < 1.29 is 17.9 Å². The van der Waals surface area contributed by atoms with Gasteiger partial charge in [-0.05, 0) is 13.8 Å². The Morgan fingerprint density at radius 1 is 1.23 bits per heavy atom. The second-order valence-electron chi connectivity index (χ2n) is 8.67. The SMILES string of the molecule is C=C(N1CCNC(C)C1)N(CC(F)(F)F)c1nc(-c2cnc(N)nc2)nc(N2CCOCC2)c1C. The van der Waals surface area contributed by atoms with Crippen molar-refractivity contribution in [1.29, 1.82) is 0 Å². The summed E-state index contributed by atoms with van der Waals surface area (Å²) in [6.07, 6.45) is -1.56. The van der Waals surface area contributed by atoms with Crippen LogP contribution in [0.3, 0.4) is 0 Å². The molecule has 0 aromatic carbocycles. The predicted molar refractivity (Wildman–Crippen MR) is 127 cm³/mol. The Bertz CT molecular complexity index is 1040. The summed E-state index contributed by atoms with van der Waals surface area (Å²) in [6, 6.07) is 0.117. The van der Waals surface area contributed by atoms with E-state index in [-0.39, 0.29) is 29.5 Å². The second-order valence-corrected chi connectivity index (χ2v) is 8.67. The zero-order valence-electron chi connectivity index (χ0n) is 19.8. The van der Waals surface area contributed by atoms with Crippen LogP contribution in [0, 0.1) is 6.92 Å². The summed E-state index contributed by atoms with van der Waals surface area (Å²) in [4.78, 5) is 22.3. The molecule has 0 saturated carbocycles. The Hall–Kier alpha value is -3.19. The number of aromatic nitrogens is 4. The smallest absolute Gasteiger partial charge is 0.378 e. The molecule has 1 atom stereocenters. The standard InChI is InChI=1S/C22H30F3N9O/c1-14-12-33(5-4-27-14)16(3)34(13-22(23,24)25)20-15(2)19(32-6-8-35-9-7-32)30-18(31-20)17-10-28-21(26)29-11-17/h10-11,14,27H,3-9,12-13H2,1-2H3,(H2,26,28,29). The van der Waals surface area contributed by atoms with Crippen molar-refractivity contribution in [2.45, 2.75) is 26.1 Å². The number of hydrogen-bond donors (Lipinski definition) is 2. The molecule has 3 N–H and O–H groups in total. The second kappa shape index (κ2) is 10.2. The van der Waals surface area contributed by atoms with Crippen molar-refractivity contribution in [3.05, 3.63) is 30.4 Å². The normalized spacial score (nSPS) is 19.1. The number of nitrogens with two attached hydrogens (primary N) is 1. The molecule has 0 bridgehead atoms. The third-order valence-corrected chi connectivity index (χ3v) is 5.97. The number of nitrogens with one attached hydrogen (secondary N) is 1. The quantitative estimate of drug-likeness (QED) is 0.618. The first-order chi connectivity index (χ1) is 16.6. The van der Waals surface area contributed by atoms with E-state index in [0.29, 0.717) is 62.9 Å². The fourth-order valence-corrected chi connectivity index (χ4v) is 4.23. The molecule has 2 aromatic rings. The molecule has 0 spiro atoms. The van der Waals surface area contributed by atoms with Gasteiger partial charge in [0.1, 0.15) is 24.0 Å². The average molecular weight is 494 g/mol. The Morgan fingerprint density at radius 2 is 1.91 bits per heavy atom. The number of alkyl halides is 3. The molecule has 2 aliphatic rings. The monoisotopic (exact) mass is 493 g/mol. The lowest BCUT2D eigenvalue weighted by Crippen LogP contribution is -2.52. The van der Waals surface area contributed by atoms with Crippen molar-refractivity contribution in [2.75, 3.05) is 68.0 Å². The van der Waals surface area contributed by atoms with Gasteiger partial charge in [0.15, 0.2) is 5.82 Å². The molecule has 4 heterocycles. The molecule has 0 radical (unpaired) electrons. The molecule has 10 nitrogen and oxygen atoms in total. The van der Waals surface area contributed by atoms with Gasteiger partial charge in [-0.3, -0.25) is 0 Å².